The van der Waals surface area contributed by atoms with Gasteiger partial charge in [-0.25, -0.2) is 0 Å². The number of carbonyl (C=O) groups excluding carboxylic acids is 1. The second-order valence-electron chi connectivity index (χ2n) is 6.05. The molecule has 2 rings (SSSR count). The molecular weight excluding hydrogens is 216 g/mol. The normalized spacial score (nSPS) is 33.5. The van der Waals surface area contributed by atoms with Gasteiger partial charge in [0, 0.05) is 13.1 Å². The van der Waals surface area contributed by atoms with Gasteiger partial charge in [-0.15, -0.1) is 0 Å². The highest BCUT2D eigenvalue weighted by Crippen LogP contribution is 2.25. The molecule has 2 fully saturated rings. The Kier molecular flexibility index (Phi) is 3.73. The molecule has 0 aliphatic carbocycles. The quantitative estimate of drug-likeness (QED) is 0.739. The van der Waals surface area contributed by atoms with Crippen LogP contribution in [-0.2, 0) is 9.53 Å². The predicted octanol–water partition coefficient (Wildman–Crippen LogP) is 0.869. The van der Waals surface area contributed by atoms with Crippen LogP contribution in [-0.4, -0.2) is 49.2 Å². The first kappa shape index (κ1) is 12.8. The van der Waals surface area contributed by atoms with E-state index in [-0.39, 0.29) is 11.5 Å². The third-order valence-corrected chi connectivity index (χ3v) is 3.83. The molecule has 2 aliphatic rings. The molecule has 1 N–H and O–H groups in total. The van der Waals surface area contributed by atoms with Crippen LogP contribution >= 0.6 is 0 Å². The Hall–Kier alpha value is -0.610. The molecule has 17 heavy (non-hydrogen) atoms. The fourth-order valence-electron chi connectivity index (χ4n) is 2.83. The van der Waals surface area contributed by atoms with Crippen molar-refractivity contribution in [1.29, 1.82) is 0 Å². The van der Waals surface area contributed by atoms with E-state index in [1.54, 1.807) is 0 Å². The van der Waals surface area contributed by atoms with Crippen molar-refractivity contribution in [3.63, 3.8) is 0 Å². The zero-order valence-corrected chi connectivity index (χ0v) is 11.2. The van der Waals surface area contributed by atoms with Gasteiger partial charge in [0.2, 0.25) is 5.91 Å². The van der Waals surface area contributed by atoms with E-state index in [4.69, 9.17) is 4.74 Å². The molecule has 98 valence electrons. The van der Waals surface area contributed by atoms with Crippen LogP contribution in [0.4, 0.5) is 0 Å². The molecule has 2 aliphatic heterocycles. The molecule has 0 spiro atoms. The summed E-state index contributed by atoms with van der Waals surface area (Å²) in [6.45, 7) is 10.3. The third kappa shape index (κ3) is 2.80. The standard InChI is InChI=1S/C13H24N2O2/c1-10-6-11(8-14-7-10)12(16)15-4-5-17-9-13(15,2)3/h10-11,14H,4-9H2,1-3H3. The number of piperidine rings is 1. The van der Waals surface area contributed by atoms with E-state index in [1.807, 2.05) is 4.90 Å². The Balaban J connectivity index is 2.02. The largest absolute Gasteiger partial charge is 0.377 e. The van der Waals surface area contributed by atoms with Gasteiger partial charge in [-0.05, 0) is 32.7 Å². The van der Waals surface area contributed by atoms with E-state index in [9.17, 15) is 4.79 Å². The van der Waals surface area contributed by atoms with Crippen LogP contribution in [0.15, 0.2) is 0 Å². The minimum absolute atomic E-state index is 0.149. The fourth-order valence-corrected chi connectivity index (χ4v) is 2.83. The number of rotatable bonds is 1. The first-order chi connectivity index (χ1) is 8.00. The smallest absolute Gasteiger partial charge is 0.227 e. The second kappa shape index (κ2) is 4.94. The first-order valence-corrected chi connectivity index (χ1v) is 6.60. The number of hydrogen-bond donors (Lipinski definition) is 1. The van der Waals surface area contributed by atoms with Crippen LogP contribution in [0, 0.1) is 11.8 Å². The van der Waals surface area contributed by atoms with Crippen molar-refractivity contribution in [3.8, 4) is 0 Å². The molecule has 0 aromatic carbocycles. The Morgan fingerprint density at radius 3 is 2.82 bits per heavy atom. The first-order valence-electron chi connectivity index (χ1n) is 6.60. The van der Waals surface area contributed by atoms with Crippen molar-refractivity contribution >= 4 is 5.91 Å². The van der Waals surface area contributed by atoms with Crippen molar-refractivity contribution in [1.82, 2.24) is 10.2 Å². The SMILES string of the molecule is CC1CNCC(C(=O)N2CCOCC2(C)C)C1. The van der Waals surface area contributed by atoms with Crippen molar-refractivity contribution in [2.45, 2.75) is 32.7 Å². The summed E-state index contributed by atoms with van der Waals surface area (Å²) < 4.78 is 5.46. The Morgan fingerprint density at radius 2 is 2.18 bits per heavy atom. The number of nitrogens with one attached hydrogen (secondary N) is 1. The van der Waals surface area contributed by atoms with Gasteiger partial charge in [0.25, 0.3) is 0 Å². The second-order valence-corrected chi connectivity index (χ2v) is 6.05. The van der Waals surface area contributed by atoms with Gasteiger partial charge < -0.3 is 15.0 Å². The lowest BCUT2D eigenvalue weighted by Crippen LogP contribution is -2.58. The molecule has 2 heterocycles. The predicted molar refractivity (Wildman–Crippen MR) is 66.8 cm³/mol. The van der Waals surface area contributed by atoms with Crippen LogP contribution in [0.25, 0.3) is 0 Å². The summed E-state index contributed by atoms with van der Waals surface area (Å²) in [5.74, 6) is 1.05. The zero-order valence-electron chi connectivity index (χ0n) is 11.2. The number of nitrogens with zero attached hydrogens (tertiary/aromatic N) is 1. The van der Waals surface area contributed by atoms with E-state index in [0.29, 0.717) is 25.0 Å². The molecule has 0 saturated carbocycles. The van der Waals surface area contributed by atoms with Crippen molar-refractivity contribution in [3.05, 3.63) is 0 Å². The topological polar surface area (TPSA) is 41.6 Å². The molecule has 4 heteroatoms. The van der Waals surface area contributed by atoms with E-state index in [0.717, 1.165) is 26.1 Å². The maximum atomic E-state index is 12.5. The fraction of sp³-hybridized carbons (Fsp3) is 0.923. The van der Waals surface area contributed by atoms with Crippen LogP contribution in [0.2, 0.25) is 0 Å². The summed E-state index contributed by atoms with van der Waals surface area (Å²) in [7, 11) is 0. The van der Waals surface area contributed by atoms with Gasteiger partial charge in [-0.3, -0.25) is 4.79 Å². The van der Waals surface area contributed by atoms with E-state index < -0.39 is 0 Å². The summed E-state index contributed by atoms with van der Waals surface area (Å²) in [5, 5.41) is 3.35. The molecule has 2 atom stereocenters. The number of hydrogen-bond acceptors (Lipinski definition) is 3. The van der Waals surface area contributed by atoms with Crippen LogP contribution in [0.3, 0.4) is 0 Å². The lowest BCUT2D eigenvalue weighted by molar-refractivity contribution is -0.151. The van der Waals surface area contributed by atoms with Gasteiger partial charge >= 0.3 is 0 Å². The molecule has 4 nitrogen and oxygen atoms in total. The number of carbonyl (C=O) groups is 1. The van der Waals surface area contributed by atoms with Gasteiger partial charge in [0.15, 0.2) is 0 Å². The minimum atomic E-state index is -0.157. The maximum Gasteiger partial charge on any atom is 0.227 e. The third-order valence-electron chi connectivity index (χ3n) is 3.83. The summed E-state index contributed by atoms with van der Waals surface area (Å²) in [6, 6.07) is 0. The van der Waals surface area contributed by atoms with E-state index in [2.05, 4.69) is 26.1 Å². The Bertz CT molecular complexity index is 291. The van der Waals surface area contributed by atoms with Crippen LogP contribution in [0.5, 0.6) is 0 Å². The highest BCUT2D eigenvalue weighted by molar-refractivity contribution is 5.80. The van der Waals surface area contributed by atoms with E-state index >= 15 is 0 Å². The number of morpholine rings is 1. The number of amides is 1. The average Bonchev–Trinajstić information content (AvgIpc) is 2.27. The highest BCUT2D eigenvalue weighted by atomic mass is 16.5. The van der Waals surface area contributed by atoms with Gasteiger partial charge in [-0.1, -0.05) is 6.92 Å². The summed E-state index contributed by atoms with van der Waals surface area (Å²) in [6.07, 6.45) is 1.01. The van der Waals surface area contributed by atoms with Crippen molar-refractivity contribution < 1.29 is 9.53 Å². The lowest BCUT2D eigenvalue weighted by atomic mass is 9.89. The average molecular weight is 240 g/mol. The molecule has 0 radical (unpaired) electrons. The Morgan fingerprint density at radius 1 is 1.41 bits per heavy atom. The number of ether oxygens (including phenoxy) is 1. The zero-order chi connectivity index (χ0) is 12.5. The summed E-state index contributed by atoms with van der Waals surface area (Å²) in [5.41, 5.74) is -0.157. The lowest BCUT2D eigenvalue weighted by Gasteiger charge is -2.44. The molecule has 0 aromatic rings. The molecule has 2 saturated heterocycles. The summed E-state index contributed by atoms with van der Waals surface area (Å²) in [4.78, 5) is 14.6. The molecule has 0 bridgehead atoms. The molecule has 0 aromatic heterocycles. The Labute approximate surface area is 104 Å². The van der Waals surface area contributed by atoms with Gasteiger partial charge in [0.05, 0.1) is 24.7 Å². The van der Waals surface area contributed by atoms with Crippen LogP contribution < -0.4 is 5.32 Å². The van der Waals surface area contributed by atoms with Gasteiger partial charge in [-0.2, -0.15) is 0 Å². The minimum Gasteiger partial charge on any atom is -0.377 e. The van der Waals surface area contributed by atoms with Crippen LogP contribution in [0.1, 0.15) is 27.2 Å². The molecular formula is C13H24N2O2. The van der Waals surface area contributed by atoms with Crippen molar-refractivity contribution in [2.75, 3.05) is 32.8 Å². The molecule has 1 amide bonds. The van der Waals surface area contributed by atoms with Crippen molar-refractivity contribution in [2.24, 2.45) is 11.8 Å². The van der Waals surface area contributed by atoms with E-state index in [1.165, 1.54) is 0 Å². The molecule has 2 unspecified atom stereocenters. The summed E-state index contributed by atoms with van der Waals surface area (Å²) >= 11 is 0. The highest BCUT2D eigenvalue weighted by Gasteiger charge is 2.38. The van der Waals surface area contributed by atoms with Gasteiger partial charge in [0.1, 0.15) is 0 Å². The maximum absolute atomic E-state index is 12.5. The monoisotopic (exact) mass is 240 g/mol.